The van der Waals surface area contributed by atoms with E-state index in [4.69, 9.17) is 5.73 Å². The number of anilines is 1. The third-order valence-corrected chi connectivity index (χ3v) is 7.10. The second-order valence-corrected chi connectivity index (χ2v) is 10.2. The van der Waals surface area contributed by atoms with Crippen molar-refractivity contribution in [3.63, 3.8) is 0 Å². The van der Waals surface area contributed by atoms with E-state index >= 15 is 0 Å². The zero-order valence-corrected chi connectivity index (χ0v) is 23.9. The van der Waals surface area contributed by atoms with Crippen molar-refractivity contribution in [2.24, 2.45) is 7.05 Å². The lowest BCUT2D eigenvalue weighted by molar-refractivity contribution is 0.0934. The lowest BCUT2D eigenvalue weighted by Gasteiger charge is -2.21. The fraction of sp³-hybridized carbons (Fsp3) is 0.0882. The first-order valence-electron chi connectivity index (χ1n) is 13.8. The minimum absolute atomic E-state index is 0.0349. The Morgan fingerprint density at radius 1 is 1.00 bits per heavy atom. The van der Waals surface area contributed by atoms with Gasteiger partial charge in [-0.25, -0.2) is 9.97 Å². The quantitative estimate of drug-likeness (QED) is 0.257. The molecule has 3 heterocycles. The number of nitrogens with one attached hydrogen (secondary N) is 1. The fourth-order valence-electron chi connectivity index (χ4n) is 4.94. The summed E-state index contributed by atoms with van der Waals surface area (Å²) in [6.07, 6.45) is 3.27. The van der Waals surface area contributed by atoms with Crippen molar-refractivity contribution < 1.29 is 9.90 Å². The number of nitrogens with two attached hydrogens (primary N) is 1. The van der Waals surface area contributed by atoms with E-state index < -0.39 is 11.9 Å². The fourth-order valence-corrected chi connectivity index (χ4v) is 4.94. The normalized spacial score (nSPS) is 11.5. The summed E-state index contributed by atoms with van der Waals surface area (Å²) >= 11 is 0. The number of rotatable bonds is 5. The maximum Gasteiger partial charge on any atom is 0.274 e. The van der Waals surface area contributed by atoms with Crippen LogP contribution < -0.4 is 16.6 Å². The highest BCUT2D eigenvalue weighted by molar-refractivity contribution is 5.97. The van der Waals surface area contributed by atoms with E-state index in [2.05, 4.69) is 32.2 Å². The number of carbonyl (C=O) groups excluding carboxylic acids is 1. The van der Waals surface area contributed by atoms with E-state index in [1.54, 1.807) is 40.6 Å². The summed E-state index contributed by atoms with van der Waals surface area (Å²) in [4.78, 5) is 36.4. The van der Waals surface area contributed by atoms with Crippen molar-refractivity contribution in [2.75, 3.05) is 5.73 Å². The number of hydrogen-bond donors (Lipinski definition) is 3. The first kappa shape index (κ1) is 27.9. The van der Waals surface area contributed by atoms with E-state index in [-0.39, 0.29) is 22.8 Å². The predicted octanol–water partition coefficient (Wildman–Crippen LogP) is 4.36. The number of aryl methyl sites for hydroxylation is 1. The molecule has 3 aromatic heterocycles. The van der Waals surface area contributed by atoms with Gasteiger partial charge in [-0.15, -0.1) is 0 Å². The highest BCUT2D eigenvalue weighted by Gasteiger charge is 2.22. The first-order chi connectivity index (χ1) is 21.3. The van der Waals surface area contributed by atoms with Gasteiger partial charge >= 0.3 is 0 Å². The smallest absolute Gasteiger partial charge is 0.274 e. The van der Waals surface area contributed by atoms with Gasteiger partial charge in [-0.2, -0.15) is 5.10 Å². The van der Waals surface area contributed by atoms with Crippen LogP contribution in [0.4, 0.5) is 5.82 Å². The number of aromatic nitrogens is 5. The van der Waals surface area contributed by atoms with Crippen LogP contribution in [0.25, 0.3) is 27.7 Å². The summed E-state index contributed by atoms with van der Waals surface area (Å²) in [7, 11) is 1.82. The van der Waals surface area contributed by atoms with Gasteiger partial charge in [-0.05, 0) is 72.8 Å². The minimum Gasteiger partial charge on any atom is -0.508 e. The number of phenols is 1. The van der Waals surface area contributed by atoms with Gasteiger partial charge in [-0.3, -0.25) is 18.8 Å². The van der Waals surface area contributed by atoms with Crippen LogP contribution in [0.1, 0.15) is 40.4 Å². The Bertz CT molecular complexity index is 2140. The summed E-state index contributed by atoms with van der Waals surface area (Å²) in [5.41, 5.74) is 9.17. The highest BCUT2D eigenvalue weighted by atomic mass is 16.3. The Labute approximate surface area is 252 Å². The summed E-state index contributed by atoms with van der Waals surface area (Å²) in [5.74, 6) is 5.68. The van der Waals surface area contributed by atoms with Gasteiger partial charge in [0.2, 0.25) is 0 Å². The summed E-state index contributed by atoms with van der Waals surface area (Å²) in [5, 5.41) is 18.0. The Morgan fingerprint density at radius 3 is 2.50 bits per heavy atom. The van der Waals surface area contributed by atoms with Crippen LogP contribution in [-0.2, 0) is 7.05 Å². The molecule has 0 bridgehead atoms. The molecule has 0 saturated carbocycles. The molecule has 0 aliphatic heterocycles. The number of nitrogen functional groups attached to an aromatic ring is 1. The third-order valence-electron chi connectivity index (χ3n) is 7.10. The molecule has 0 radical (unpaired) electrons. The lowest BCUT2D eigenvalue weighted by atomic mass is 10.0. The van der Waals surface area contributed by atoms with Crippen molar-refractivity contribution in [2.45, 2.75) is 13.0 Å². The summed E-state index contributed by atoms with van der Waals surface area (Å²) in [6, 6.07) is 24.1. The number of fused-ring (bicyclic) bond motifs is 1. The molecule has 44 heavy (non-hydrogen) atoms. The number of pyridine rings is 1. The monoisotopic (exact) mass is 581 g/mol. The Hall–Kier alpha value is -6.21. The van der Waals surface area contributed by atoms with Crippen LogP contribution in [-0.4, -0.2) is 35.3 Å². The molecular weight excluding hydrogens is 554 g/mol. The van der Waals surface area contributed by atoms with Crippen molar-refractivity contribution in [1.29, 1.82) is 0 Å². The number of carbonyl (C=O) groups is 1. The molecule has 0 unspecified atom stereocenters. The topological polar surface area (TPSA) is 141 Å². The summed E-state index contributed by atoms with van der Waals surface area (Å²) in [6.45, 7) is 1.79. The van der Waals surface area contributed by atoms with Crippen LogP contribution in [0, 0.1) is 11.8 Å². The number of aromatic hydroxyl groups is 1. The molecule has 0 spiro atoms. The highest BCUT2D eigenvalue weighted by Crippen LogP contribution is 2.25. The molecule has 3 aromatic carbocycles. The molecule has 0 saturated heterocycles. The maximum absolute atomic E-state index is 14.2. The number of nitrogens with zero attached hydrogens (tertiary/aromatic N) is 5. The van der Waals surface area contributed by atoms with Gasteiger partial charge in [0.25, 0.3) is 11.5 Å². The molecule has 4 N–H and O–H groups in total. The predicted molar refractivity (Wildman–Crippen MR) is 168 cm³/mol. The molecule has 0 aliphatic carbocycles. The van der Waals surface area contributed by atoms with Crippen LogP contribution >= 0.6 is 0 Å². The average molecular weight is 582 g/mol. The van der Waals surface area contributed by atoms with Crippen LogP contribution in [0.3, 0.4) is 0 Å². The first-order valence-corrected chi connectivity index (χ1v) is 13.8. The van der Waals surface area contributed by atoms with Gasteiger partial charge in [0.15, 0.2) is 11.5 Å². The van der Waals surface area contributed by atoms with Gasteiger partial charge < -0.3 is 16.2 Å². The van der Waals surface area contributed by atoms with E-state index in [1.807, 2.05) is 61.6 Å². The van der Waals surface area contributed by atoms with Gasteiger partial charge in [0, 0.05) is 35.8 Å². The average Bonchev–Trinajstić information content (AvgIpc) is 3.45. The molecular formula is C34H27N7O3. The number of para-hydroxylation sites is 1. The lowest BCUT2D eigenvalue weighted by Crippen LogP contribution is -2.33. The van der Waals surface area contributed by atoms with Gasteiger partial charge in [0.1, 0.15) is 11.4 Å². The zero-order valence-electron chi connectivity index (χ0n) is 23.9. The second kappa shape index (κ2) is 11.6. The summed E-state index contributed by atoms with van der Waals surface area (Å²) < 4.78 is 3.25. The van der Waals surface area contributed by atoms with E-state index in [9.17, 15) is 14.7 Å². The van der Waals surface area contributed by atoms with E-state index in [1.165, 1.54) is 18.3 Å². The van der Waals surface area contributed by atoms with Crippen LogP contribution in [0.2, 0.25) is 0 Å². The molecule has 10 heteroatoms. The van der Waals surface area contributed by atoms with Crippen molar-refractivity contribution in [3.8, 4) is 34.5 Å². The molecule has 0 fully saturated rings. The van der Waals surface area contributed by atoms with Crippen LogP contribution in [0.5, 0.6) is 5.75 Å². The number of amides is 1. The minimum atomic E-state index is -0.637. The maximum atomic E-state index is 14.2. The number of hydrogen-bond acceptors (Lipinski definition) is 7. The standard InChI is InChI=1S/C34H27N7O3/c1-21(37-33(43)31-32(35)36-20-28(38-31)22-12-15-27(42)16-13-22)29-19-24-8-6-7-23(11-14-25-17-18-40(2)39-25)30(24)34(44)41(29)26-9-4-3-5-10-26/h3-10,12-13,15-21,42H,1-2H3,(H2,35,36)(H,37,43)/t21-/m1/s1. The van der Waals surface area contributed by atoms with Gasteiger partial charge in [0.05, 0.1) is 23.3 Å². The zero-order chi connectivity index (χ0) is 30.8. The number of benzene rings is 3. The van der Waals surface area contributed by atoms with Crippen molar-refractivity contribution in [3.05, 3.63) is 130 Å². The SMILES string of the molecule is C[C@@H](NC(=O)c1nc(-c2ccc(O)cc2)cnc1N)c1cc2cccc(C#Cc3ccn(C)n3)c2c(=O)n1-c1ccccc1. The Kier molecular flexibility index (Phi) is 7.35. The number of phenolic OH excluding ortho intramolecular Hbond substituents is 1. The van der Waals surface area contributed by atoms with Crippen molar-refractivity contribution in [1.82, 2.24) is 29.6 Å². The molecule has 1 atom stereocenters. The van der Waals surface area contributed by atoms with Crippen LogP contribution in [0.15, 0.2) is 102 Å². The second-order valence-electron chi connectivity index (χ2n) is 10.2. The molecule has 6 rings (SSSR count). The third kappa shape index (κ3) is 5.49. The molecule has 1 amide bonds. The molecule has 0 aliphatic rings. The largest absolute Gasteiger partial charge is 0.508 e. The van der Waals surface area contributed by atoms with Gasteiger partial charge in [-0.1, -0.05) is 36.3 Å². The molecule has 10 nitrogen and oxygen atoms in total. The van der Waals surface area contributed by atoms with E-state index in [0.29, 0.717) is 44.7 Å². The van der Waals surface area contributed by atoms with E-state index in [0.717, 1.165) is 0 Å². The molecule has 216 valence electrons. The van der Waals surface area contributed by atoms with Crippen molar-refractivity contribution >= 4 is 22.5 Å². The Balaban J connectivity index is 1.42. The Morgan fingerprint density at radius 2 is 1.77 bits per heavy atom. The molecule has 6 aromatic rings.